The molecule has 2 rings (SSSR count). The number of rotatable bonds is 3. The van der Waals surface area contributed by atoms with Crippen LogP contribution >= 0.6 is 0 Å². The van der Waals surface area contributed by atoms with E-state index in [-0.39, 0.29) is 0 Å². The van der Waals surface area contributed by atoms with Gasteiger partial charge in [-0.3, -0.25) is 0 Å². The molecule has 0 aromatic carbocycles. The van der Waals surface area contributed by atoms with Gasteiger partial charge < -0.3 is 15.2 Å². The first-order valence-corrected chi connectivity index (χ1v) is 6.28. The molecule has 1 atom stereocenters. The molecule has 2 N–H and O–H groups in total. The van der Waals surface area contributed by atoms with E-state index in [9.17, 15) is 4.79 Å². The lowest BCUT2D eigenvalue weighted by Crippen LogP contribution is -2.33. The third-order valence-corrected chi connectivity index (χ3v) is 2.92. The molecule has 0 saturated carbocycles. The molecule has 1 aromatic rings. The summed E-state index contributed by atoms with van der Waals surface area (Å²) in [4.78, 5) is 14.4. The van der Waals surface area contributed by atoms with Gasteiger partial charge in [-0.15, -0.1) is 0 Å². The van der Waals surface area contributed by atoms with E-state index in [0.29, 0.717) is 24.0 Å². The summed E-state index contributed by atoms with van der Waals surface area (Å²) >= 11 is 0. The average Bonchev–Trinajstić information content (AvgIpc) is 2.45. The first-order chi connectivity index (χ1) is 9.24. The molecule has 5 nitrogen and oxygen atoms in total. The van der Waals surface area contributed by atoms with E-state index in [1.165, 1.54) is 19.0 Å². The summed E-state index contributed by atoms with van der Waals surface area (Å²) < 4.78 is 5.61. The standard InChI is InChI=1S/C14H16N2O3/c17-14(18)6-4-11-3-5-13(16-9-11)19-10-12-2-1-7-15-8-12/h3,5,9,12,15H,1-2,7-8,10H2,(H,17,18). The van der Waals surface area contributed by atoms with Crippen molar-refractivity contribution in [2.45, 2.75) is 12.8 Å². The predicted molar refractivity (Wildman–Crippen MR) is 69.8 cm³/mol. The summed E-state index contributed by atoms with van der Waals surface area (Å²) in [6.07, 6.45) is 3.88. The van der Waals surface area contributed by atoms with Gasteiger partial charge in [0.2, 0.25) is 5.88 Å². The first kappa shape index (κ1) is 13.4. The van der Waals surface area contributed by atoms with Crippen molar-refractivity contribution in [3.05, 3.63) is 23.9 Å². The van der Waals surface area contributed by atoms with Crippen LogP contribution in [0.1, 0.15) is 18.4 Å². The van der Waals surface area contributed by atoms with Gasteiger partial charge in [-0.25, -0.2) is 9.78 Å². The van der Waals surface area contributed by atoms with Gasteiger partial charge in [0.05, 0.1) is 6.61 Å². The fraction of sp³-hybridized carbons (Fsp3) is 0.429. The number of nitrogens with one attached hydrogen (secondary N) is 1. The number of pyridine rings is 1. The van der Waals surface area contributed by atoms with Gasteiger partial charge in [0, 0.05) is 36.2 Å². The van der Waals surface area contributed by atoms with E-state index < -0.39 is 5.97 Å². The van der Waals surface area contributed by atoms with Crippen molar-refractivity contribution in [1.29, 1.82) is 0 Å². The van der Waals surface area contributed by atoms with Crippen LogP contribution in [-0.4, -0.2) is 35.8 Å². The predicted octanol–water partition coefficient (Wildman–Crippen LogP) is 0.896. The van der Waals surface area contributed by atoms with Crippen LogP contribution < -0.4 is 10.1 Å². The lowest BCUT2D eigenvalue weighted by molar-refractivity contribution is -0.130. The largest absolute Gasteiger partial charge is 0.477 e. The van der Waals surface area contributed by atoms with Crippen molar-refractivity contribution in [2.75, 3.05) is 19.7 Å². The summed E-state index contributed by atoms with van der Waals surface area (Å²) in [6.45, 7) is 2.73. The summed E-state index contributed by atoms with van der Waals surface area (Å²) in [5.41, 5.74) is 0.564. The minimum absolute atomic E-state index is 0.530. The molecule has 19 heavy (non-hydrogen) atoms. The molecule has 1 aliphatic rings. The number of carbonyl (C=O) groups is 1. The Labute approximate surface area is 112 Å². The van der Waals surface area contributed by atoms with Crippen LogP contribution in [0, 0.1) is 17.8 Å². The van der Waals surface area contributed by atoms with Crippen molar-refractivity contribution in [3.8, 4) is 17.7 Å². The van der Waals surface area contributed by atoms with Crippen molar-refractivity contribution < 1.29 is 14.6 Å². The maximum absolute atomic E-state index is 10.3. The van der Waals surface area contributed by atoms with Crippen molar-refractivity contribution in [1.82, 2.24) is 10.3 Å². The number of aliphatic carboxylic acids is 1. The highest BCUT2D eigenvalue weighted by atomic mass is 16.5. The molecule has 0 amide bonds. The van der Waals surface area contributed by atoms with Gasteiger partial charge in [0.25, 0.3) is 0 Å². The smallest absolute Gasteiger partial charge is 0.382 e. The fourth-order valence-corrected chi connectivity index (χ4v) is 1.93. The minimum Gasteiger partial charge on any atom is -0.477 e. The van der Waals surface area contributed by atoms with Crippen LogP contribution in [0.25, 0.3) is 0 Å². The summed E-state index contributed by atoms with van der Waals surface area (Å²) in [7, 11) is 0. The maximum Gasteiger partial charge on any atom is 0.382 e. The van der Waals surface area contributed by atoms with Crippen LogP contribution in [-0.2, 0) is 4.79 Å². The molecule has 1 aromatic heterocycles. The highest BCUT2D eigenvalue weighted by Gasteiger charge is 2.13. The quantitative estimate of drug-likeness (QED) is 0.790. The first-order valence-electron chi connectivity index (χ1n) is 6.28. The molecule has 0 aliphatic carbocycles. The Morgan fingerprint density at radius 2 is 2.47 bits per heavy atom. The number of carboxylic acids is 1. The van der Waals surface area contributed by atoms with E-state index in [2.05, 4.69) is 16.2 Å². The van der Waals surface area contributed by atoms with E-state index >= 15 is 0 Å². The second-order valence-electron chi connectivity index (χ2n) is 4.46. The number of hydrogen-bond acceptors (Lipinski definition) is 4. The Bertz CT molecular complexity index is 482. The van der Waals surface area contributed by atoms with Gasteiger partial charge in [-0.1, -0.05) is 5.92 Å². The van der Waals surface area contributed by atoms with Crippen molar-refractivity contribution in [3.63, 3.8) is 0 Å². The third-order valence-electron chi connectivity index (χ3n) is 2.92. The highest BCUT2D eigenvalue weighted by Crippen LogP contribution is 2.13. The molecule has 1 saturated heterocycles. The molecular weight excluding hydrogens is 244 g/mol. The van der Waals surface area contributed by atoms with Crippen LogP contribution in [0.4, 0.5) is 0 Å². The van der Waals surface area contributed by atoms with Crippen LogP contribution in [0.15, 0.2) is 18.3 Å². The zero-order valence-electron chi connectivity index (χ0n) is 10.6. The zero-order chi connectivity index (χ0) is 13.5. The van der Waals surface area contributed by atoms with E-state index in [1.54, 1.807) is 12.1 Å². The Morgan fingerprint density at radius 3 is 3.11 bits per heavy atom. The van der Waals surface area contributed by atoms with E-state index in [0.717, 1.165) is 13.1 Å². The number of carboxylic acid groups (broad SMARTS) is 1. The van der Waals surface area contributed by atoms with E-state index in [1.807, 2.05) is 5.92 Å². The van der Waals surface area contributed by atoms with E-state index in [4.69, 9.17) is 9.84 Å². The zero-order valence-corrected chi connectivity index (χ0v) is 10.6. The molecule has 0 bridgehead atoms. The second-order valence-corrected chi connectivity index (χ2v) is 4.46. The fourth-order valence-electron chi connectivity index (χ4n) is 1.93. The highest BCUT2D eigenvalue weighted by molar-refractivity contribution is 5.87. The molecule has 1 fully saturated rings. The number of piperidine rings is 1. The summed E-state index contributed by atoms with van der Waals surface area (Å²) in [6, 6.07) is 3.42. The molecule has 5 heteroatoms. The number of aromatic nitrogens is 1. The Balaban J connectivity index is 1.85. The van der Waals surface area contributed by atoms with Crippen molar-refractivity contribution in [2.24, 2.45) is 5.92 Å². The minimum atomic E-state index is -1.15. The molecular formula is C14H16N2O3. The molecule has 2 heterocycles. The molecule has 1 aliphatic heterocycles. The lowest BCUT2D eigenvalue weighted by atomic mass is 10.0. The molecule has 100 valence electrons. The molecule has 1 unspecified atom stereocenters. The van der Waals surface area contributed by atoms with Crippen molar-refractivity contribution >= 4 is 5.97 Å². The Hall–Kier alpha value is -2.06. The monoisotopic (exact) mass is 260 g/mol. The number of hydrogen-bond donors (Lipinski definition) is 2. The molecule has 0 spiro atoms. The van der Waals surface area contributed by atoms with Crippen LogP contribution in [0.2, 0.25) is 0 Å². The lowest BCUT2D eigenvalue weighted by Gasteiger charge is -2.22. The van der Waals surface area contributed by atoms with Gasteiger partial charge in [0.15, 0.2) is 0 Å². The topological polar surface area (TPSA) is 71.5 Å². The average molecular weight is 260 g/mol. The Morgan fingerprint density at radius 1 is 1.58 bits per heavy atom. The van der Waals surface area contributed by atoms with Crippen LogP contribution in [0.3, 0.4) is 0 Å². The number of ether oxygens (including phenoxy) is 1. The van der Waals surface area contributed by atoms with Crippen LogP contribution in [0.5, 0.6) is 5.88 Å². The SMILES string of the molecule is O=C(O)C#Cc1ccc(OCC2CCCNC2)nc1. The summed E-state index contributed by atoms with van der Waals surface area (Å²) in [5.74, 6) is 4.47. The summed E-state index contributed by atoms with van der Waals surface area (Å²) in [5, 5.41) is 11.8. The number of nitrogens with zero attached hydrogens (tertiary/aromatic N) is 1. The van der Waals surface area contributed by atoms with Gasteiger partial charge in [-0.05, 0) is 25.5 Å². The Kier molecular flexibility index (Phi) is 4.76. The second kappa shape index (κ2) is 6.76. The third kappa shape index (κ3) is 4.60. The van der Waals surface area contributed by atoms with Gasteiger partial charge in [-0.2, -0.15) is 0 Å². The molecule has 0 radical (unpaired) electrons. The van der Waals surface area contributed by atoms with Gasteiger partial charge in [0.1, 0.15) is 0 Å². The van der Waals surface area contributed by atoms with Gasteiger partial charge >= 0.3 is 5.97 Å². The maximum atomic E-state index is 10.3. The normalized spacial score (nSPS) is 18.2.